The first-order valence-corrected chi connectivity index (χ1v) is 10.2. The number of hydrogen-bond donors (Lipinski definition) is 2. The highest BCUT2D eigenvalue weighted by atomic mass is 32.2. The van der Waals surface area contributed by atoms with Gasteiger partial charge in [-0.15, -0.1) is 11.8 Å². The predicted octanol–water partition coefficient (Wildman–Crippen LogP) is 5.11. The first-order chi connectivity index (χ1) is 15.4. The lowest BCUT2D eigenvalue weighted by atomic mass is 10.2. The SMILES string of the molecule is CCSc1cc(-n2ccc(C(F)(F)F)n2)cnc1C(=O)Nc1cc(C(F)(F)F)cnc1NC. The monoisotopic (exact) mass is 490 g/mol. The van der Waals surface area contributed by atoms with Gasteiger partial charge in [-0.3, -0.25) is 4.79 Å². The van der Waals surface area contributed by atoms with Crippen molar-refractivity contribution in [3.8, 4) is 5.69 Å². The summed E-state index contributed by atoms with van der Waals surface area (Å²) in [7, 11) is 1.43. The van der Waals surface area contributed by atoms with E-state index in [0.717, 1.165) is 29.2 Å². The molecule has 0 bridgehead atoms. The van der Waals surface area contributed by atoms with Crippen molar-refractivity contribution in [2.45, 2.75) is 24.2 Å². The molecule has 0 saturated carbocycles. The number of rotatable bonds is 6. The third-order valence-electron chi connectivity index (χ3n) is 4.20. The summed E-state index contributed by atoms with van der Waals surface area (Å²) in [6, 6.07) is 2.96. The first-order valence-electron chi connectivity index (χ1n) is 9.26. The van der Waals surface area contributed by atoms with Crippen LogP contribution in [0, 0.1) is 0 Å². The number of anilines is 2. The van der Waals surface area contributed by atoms with E-state index in [-0.39, 0.29) is 22.9 Å². The molecule has 14 heteroatoms. The van der Waals surface area contributed by atoms with Crippen LogP contribution in [0.15, 0.2) is 41.7 Å². The lowest BCUT2D eigenvalue weighted by molar-refractivity contribution is -0.141. The van der Waals surface area contributed by atoms with Crippen LogP contribution in [0.4, 0.5) is 37.8 Å². The Morgan fingerprint density at radius 3 is 2.39 bits per heavy atom. The highest BCUT2D eigenvalue weighted by Gasteiger charge is 2.34. The van der Waals surface area contributed by atoms with Crippen LogP contribution in [0.25, 0.3) is 5.69 Å². The van der Waals surface area contributed by atoms with Gasteiger partial charge in [-0.1, -0.05) is 6.92 Å². The van der Waals surface area contributed by atoms with Gasteiger partial charge in [-0.25, -0.2) is 14.6 Å². The Hall–Kier alpha value is -3.29. The molecule has 3 aromatic rings. The van der Waals surface area contributed by atoms with Gasteiger partial charge >= 0.3 is 12.4 Å². The molecule has 3 aromatic heterocycles. The molecule has 0 radical (unpaired) electrons. The number of halogens is 6. The van der Waals surface area contributed by atoms with Crippen LogP contribution in [-0.4, -0.2) is 38.5 Å². The van der Waals surface area contributed by atoms with Crippen molar-refractivity contribution in [2.75, 3.05) is 23.4 Å². The molecule has 0 aromatic carbocycles. The van der Waals surface area contributed by atoms with Gasteiger partial charge in [0.25, 0.3) is 5.91 Å². The molecule has 1 amide bonds. The molecule has 3 rings (SSSR count). The predicted molar refractivity (Wildman–Crippen MR) is 109 cm³/mol. The molecule has 7 nitrogen and oxygen atoms in total. The Bertz CT molecular complexity index is 1160. The maximum absolute atomic E-state index is 13.0. The number of hydrogen-bond acceptors (Lipinski definition) is 6. The second-order valence-corrected chi connectivity index (χ2v) is 7.74. The molecule has 3 heterocycles. The van der Waals surface area contributed by atoms with Crippen molar-refractivity contribution in [1.29, 1.82) is 0 Å². The summed E-state index contributed by atoms with van der Waals surface area (Å²) in [6.45, 7) is 1.78. The lowest BCUT2D eigenvalue weighted by Gasteiger charge is -2.14. The minimum Gasteiger partial charge on any atom is -0.371 e. The molecule has 2 N–H and O–H groups in total. The van der Waals surface area contributed by atoms with E-state index in [1.54, 1.807) is 6.92 Å². The van der Waals surface area contributed by atoms with Gasteiger partial charge in [0.05, 0.1) is 23.1 Å². The summed E-state index contributed by atoms with van der Waals surface area (Å²) in [5.74, 6) is -0.314. The number of alkyl halides is 6. The van der Waals surface area contributed by atoms with Gasteiger partial charge in [-0.05, 0) is 24.0 Å². The van der Waals surface area contributed by atoms with Gasteiger partial charge in [0.15, 0.2) is 5.69 Å². The minimum atomic E-state index is -4.67. The van der Waals surface area contributed by atoms with Gasteiger partial charge in [0.2, 0.25) is 0 Å². The van der Waals surface area contributed by atoms with E-state index in [2.05, 4.69) is 25.7 Å². The molecule has 0 fully saturated rings. The van der Waals surface area contributed by atoms with Gasteiger partial charge in [-0.2, -0.15) is 31.4 Å². The topological polar surface area (TPSA) is 84.7 Å². The van der Waals surface area contributed by atoms with E-state index in [9.17, 15) is 31.1 Å². The molecular formula is C19H16F6N6OS. The summed E-state index contributed by atoms with van der Waals surface area (Å²) in [5, 5.41) is 8.42. The van der Waals surface area contributed by atoms with E-state index in [1.165, 1.54) is 24.9 Å². The van der Waals surface area contributed by atoms with Crippen LogP contribution in [0.5, 0.6) is 0 Å². The van der Waals surface area contributed by atoms with Crippen molar-refractivity contribution in [1.82, 2.24) is 19.7 Å². The van der Waals surface area contributed by atoms with Crippen LogP contribution in [0.2, 0.25) is 0 Å². The van der Waals surface area contributed by atoms with E-state index < -0.39 is 29.5 Å². The quantitative estimate of drug-likeness (QED) is 0.369. The van der Waals surface area contributed by atoms with Crippen LogP contribution in [0.1, 0.15) is 28.7 Å². The van der Waals surface area contributed by atoms with Gasteiger partial charge in [0, 0.05) is 24.3 Å². The molecule has 33 heavy (non-hydrogen) atoms. The highest BCUT2D eigenvalue weighted by Crippen LogP contribution is 2.33. The van der Waals surface area contributed by atoms with Crippen LogP contribution < -0.4 is 10.6 Å². The molecule has 0 saturated heterocycles. The van der Waals surface area contributed by atoms with Crippen LogP contribution in [-0.2, 0) is 12.4 Å². The number of nitrogens with one attached hydrogen (secondary N) is 2. The summed E-state index contributed by atoms with van der Waals surface area (Å²) in [6.07, 6.45) is -6.41. The fraction of sp³-hybridized carbons (Fsp3) is 0.263. The third kappa shape index (κ3) is 5.56. The molecule has 0 aliphatic rings. The largest absolute Gasteiger partial charge is 0.435 e. The lowest BCUT2D eigenvalue weighted by Crippen LogP contribution is -2.18. The second-order valence-electron chi connectivity index (χ2n) is 6.44. The zero-order chi connectivity index (χ0) is 24.4. The van der Waals surface area contributed by atoms with Crippen molar-refractivity contribution in [2.24, 2.45) is 0 Å². The fourth-order valence-corrected chi connectivity index (χ4v) is 3.51. The Morgan fingerprint density at radius 1 is 1.09 bits per heavy atom. The molecule has 0 atom stereocenters. The molecule has 0 unspecified atom stereocenters. The average molecular weight is 490 g/mol. The summed E-state index contributed by atoms with van der Waals surface area (Å²) < 4.78 is 78.6. The molecular weight excluding hydrogens is 474 g/mol. The van der Waals surface area contributed by atoms with Gasteiger partial charge < -0.3 is 10.6 Å². The van der Waals surface area contributed by atoms with Crippen molar-refractivity contribution in [3.05, 3.63) is 53.7 Å². The Kier molecular flexibility index (Phi) is 6.86. The maximum atomic E-state index is 13.0. The van der Waals surface area contributed by atoms with Crippen molar-refractivity contribution < 1.29 is 31.1 Å². The second kappa shape index (κ2) is 9.29. The smallest absolute Gasteiger partial charge is 0.371 e. The van der Waals surface area contributed by atoms with Crippen molar-refractivity contribution >= 4 is 29.2 Å². The van der Waals surface area contributed by atoms with Crippen molar-refractivity contribution in [3.63, 3.8) is 0 Å². The van der Waals surface area contributed by atoms with Gasteiger partial charge in [0.1, 0.15) is 11.5 Å². The van der Waals surface area contributed by atoms with E-state index in [1.807, 2.05) is 0 Å². The molecule has 176 valence electrons. The van der Waals surface area contributed by atoms with E-state index in [4.69, 9.17) is 0 Å². The Morgan fingerprint density at radius 2 is 1.82 bits per heavy atom. The van der Waals surface area contributed by atoms with Crippen LogP contribution >= 0.6 is 11.8 Å². The van der Waals surface area contributed by atoms with E-state index in [0.29, 0.717) is 16.8 Å². The number of thioether (sulfide) groups is 1. The number of aromatic nitrogens is 4. The number of nitrogens with zero attached hydrogens (tertiary/aromatic N) is 4. The normalized spacial score (nSPS) is 12.0. The summed E-state index contributed by atoms with van der Waals surface area (Å²) in [4.78, 5) is 20.8. The number of carbonyl (C=O) groups is 1. The highest BCUT2D eigenvalue weighted by molar-refractivity contribution is 7.99. The number of amides is 1. The minimum absolute atomic E-state index is 0.00823. The first kappa shape index (κ1) is 24.4. The van der Waals surface area contributed by atoms with E-state index >= 15 is 0 Å². The molecule has 0 aliphatic heterocycles. The third-order valence-corrected chi connectivity index (χ3v) is 5.11. The Balaban J connectivity index is 1.95. The number of pyridine rings is 2. The molecule has 0 aliphatic carbocycles. The Labute approximate surface area is 187 Å². The zero-order valence-corrected chi connectivity index (χ0v) is 17.9. The summed E-state index contributed by atoms with van der Waals surface area (Å²) >= 11 is 1.18. The average Bonchev–Trinajstić information content (AvgIpc) is 3.24. The maximum Gasteiger partial charge on any atom is 0.435 e. The number of carbonyl (C=O) groups excluding carboxylic acids is 1. The molecule has 0 spiro atoms. The van der Waals surface area contributed by atoms with Crippen LogP contribution in [0.3, 0.4) is 0 Å². The fourth-order valence-electron chi connectivity index (χ4n) is 2.71. The standard InChI is InChI=1S/C19H16F6N6OS/c1-3-33-13-7-11(31-5-4-14(30-31)19(23,24)25)9-27-15(13)17(32)29-12-6-10(18(20,21)22)8-28-16(12)26-2/h4-9H,3H2,1-2H3,(H,26,28)(H,29,32). The summed E-state index contributed by atoms with van der Waals surface area (Å²) in [5.41, 5.74) is -2.30. The zero-order valence-electron chi connectivity index (χ0n) is 17.0.